The number of halogens is 2. The maximum atomic E-state index is 11.8. The third-order valence-electron chi connectivity index (χ3n) is 0.565. The molecule has 0 spiro atoms. The highest BCUT2D eigenvalue weighted by Gasteiger charge is 2.11. The molecule has 0 fully saturated rings. The van der Waals surface area contributed by atoms with Gasteiger partial charge in [0.15, 0.2) is 6.17 Å². The van der Waals surface area contributed by atoms with Crippen molar-refractivity contribution >= 4 is 10.4 Å². The standard InChI is InChI=1S/C3H6F2O4S/c4-1-3(5)2-9-10(6,7)8/h3H,1-2H2,(H,6,7,8). The Hall–Kier alpha value is -0.270. The minimum Gasteiger partial charge on any atom is -0.264 e. The quantitative estimate of drug-likeness (QED) is 0.617. The molecule has 0 aromatic rings. The van der Waals surface area contributed by atoms with Crippen LogP contribution in [0.5, 0.6) is 0 Å². The lowest BCUT2D eigenvalue weighted by molar-refractivity contribution is 0.157. The fourth-order valence-electron chi connectivity index (χ4n) is 0.204. The van der Waals surface area contributed by atoms with E-state index >= 15 is 0 Å². The largest absolute Gasteiger partial charge is 0.397 e. The molecule has 0 saturated heterocycles. The molecular formula is C3H6F2O4S. The number of rotatable bonds is 4. The molecule has 1 N–H and O–H groups in total. The van der Waals surface area contributed by atoms with Gasteiger partial charge in [0.1, 0.15) is 13.3 Å². The molecule has 0 aromatic heterocycles. The molecule has 7 heteroatoms. The fraction of sp³-hybridized carbons (Fsp3) is 1.00. The number of hydrogen-bond acceptors (Lipinski definition) is 3. The lowest BCUT2D eigenvalue weighted by atomic mass is 10.5. The summed E-state index contributed by atoms with van der Waals surface area (Å²) < 4.78 is 53.7. The highest BCUT2D eigenvalue weighted by Crippen LogP contribution is 1.95. The molecule has 0 heterocycles. The van der Waals surface area contributed by atoms with Crippen LogP contribution in [-0.2, 0) is 14.6 Å². The first-order valence-corrected chi connectivity index (χ1v) is 3.64. The third-order valence-corrected chi connectivity index (χ3v) is 0.999. The molecule has 0 saturated carbocycles. The van der Waals surface area contributed by atoms with Crippen molar-refractivity contribution in [2.24, 2.45) is 0 Å². The summed E-state index contributed by atoms with van der Waals surface area (Å²) in [5, 5.41) is 0. The summed E-state index contributed by atoms with van der Waals surface area (Å²) in [4.78, 5) is 0. The highest BCUT2D eigenvalue weighted by atomic mass is 32.3. The Bertz CT molecular complexity index is 177. The first-order valence-electron chi connectivity index (χ1n) is 2.27. The van der Waals surface area contributed by atoms with E-state index in [2.05, 4.69) is 4.18 Å². The van der Waals surface area contributed by atoms with Gasteiger partial charge in [-0.05, 0) is 0 Å². The van der Waals surface area contributed by atoms with Crippen molar-refractivity contribution in [2.75, 3.05) is 13.3 Å². The van der Waals surface area contributed by atoms with E-state index in [0.717, 1.165) is 0 Å². The second-order valence-electron chi connectivity index (χ2n) is 1.46. The van der Waals surface area contributed by atoms with Crippen molar-refractivity contribution in [1.29, 1.82) is 0 Å². The lowest BCUT2D eigenvalue weighted by Gasteiger charge is -2.00. The average Bonchev–Trinajstić information content (AvgIpc) is 1.81. The van der Waals surface area contributed by atoms with Crippen molar-refractivity contribution in [3.8, 4) is 0 Å². The monoisotopic (exact) mass is 176 g/mol. The lowest BCUT2D eigenvalue weighted by Crippen LogP contribution is -2.15. The summed E-state index contributed by atoms with van der Waals surface area (Å²) in [5.41, 5.74) is 0. The first kappa shape index (κ1) is 9.73. The molecule has 0 aromatic carbocycles. The molecule has 0 bridgehead atoms. The number of hydrogen-bond donors (Lipinski definition) is 1. The van der Waals surface area contributed by atoms with Gasteiger partial charge in [-0.2, -0.15) is 8.42 Å². The average molecular weight is 176 g/mol. The summed E-state index contributed by atoms with van der Waals surface area (Å²) in [6.45, 7) is -2.33. The Kier molecular flexibility index (Phi) is 3.69. The van der Waals surface area contributed by atoms with E-state index < -0.39 is 29.9 Å². The summed E-state index contributed by atoms with van der Waals surface area (Å²) in [6.07, 6.45) is -2.01. The molecule has 62 valence electrons. The van der Waals surface area contributed by atoms with Crippen molar-refractivity contribution in [3.05, 3.63) is 0 Å². The van der Waals surface area contributed by atoms with Crippen molar-refractivity contribution in [3.63, 3.8) is 0 Å². The summed E-state index contributed by atoms with van der Waals surface area (Å²) in [7, 11) is -4.64. The van der Waals surface area contributed by atoms with E-state index in [1.165, 1.54) is 0 Å². The van der Waals surface area contributed by atoms with E-state index in [1.807, 2.05) is 0 Å². The zero-order chi connectivity index (χ0) is 8.20. The predicted octanol–water partition coefficient (Wildman–Crippen LogP) is 0.113. The van der Waals surface area contributed by atoms with Crippen LogP contribution in [-0.4, -0.2) is 32.4 Å². The van der Waals surface area contributed by atoms with E-state index in [4.69, 9.17) is 4.55 Å². The zero-order valence-corrected chi connectivity index (χ0v) is 5.64. The van der Waals surface area contributed by atoms with Gasteiger partial charge in [0.2, 0.25) is 0 Å². The van der Waals surface area contributed by atoms with E-state index in [9.17, 15) is 17.2 Å². The molecule has 1 atom stereocenters. The van der Waals surface area contributed by atoms with Crippen LogP contribution in [0, 0.1) is 0 Å². The maximum absolute atomic E-state index is 11.8. The Labute approximate surface area is 56.8 Å². The van der Waals surface area contributed by atoms with Crippen molar-refractivity contribution in [1.82, 2.24) is 0 Å². The maximum Gasteiger partial charge on any atom is 0.397 e. The van der Waals surface area contributed by atoms with Crippen LogP contribution < -0.4 is 0 Å². The molecule has 0 aliphatic rings. The Morgan fingerprint density at radius 3 is 2.40 bits per heavy atom. The SMILES string of the molecule is O=S(=O)(O)OCC(F)CF. The summed E-state index contributed by atoms with van der Waals surface area (Å²) in [5.74, 6) is 0. The second-order valence-corrected chi connectivity index (χ2v) is 2.55. The molecule has 0 aliphatic heterocycles. The van der Waals surface area contributed by atoms with Crippen molar-refractivity contribution < 1.29 is 25.9 Å². The van der Waals surface area contributed by atoms with Gasteiger partial charge >= 0.3 is 10.4 Å². The first-order chi connectivity index (χ1) is 4.45. The molecular weight excluding hydrogens is 170 g/mol. The third kappa shape index (κ3) is 5.86. The predicted molar refractivity (Wildman–Crippen MR) is 28.4 cm³/mol. The Balaban J connectivity index is 3.56. The minimum atomic E-state index is -4.64. The zero-order valence-electron chi connectivity index (χ0n) is 4.83. The Morgan fingerprint density at radius 2 is 2.10 bits per heavy atom. The van der Waals surface area contributed by atoms with E-state index in [-0.39, 0.29) is 0 Å². The highest BCUT2D eigenvalue weighted by molar-refractivity contribution is 7.80. The van der Waals surface area contributed by atoms with E-state index in [1.54, 1.807) is 0 Å². The Morgan fingerprint density at radius 1 is 1.60 bits per heavy atom. The van der Waals surface area contributed by atoms with Crippen LogP contribution in [0.15, 0.2) is 0 Å². The van der Waals surface area contributed by atoms with Crippen LogP contribution >= 0.6 is 0 Å². The molecule has 0 aliphatic carbocycles. The molecule has 0 amide bonds. The molecule has 0 rings (SSSR count). The summed E-state index contributed by atoms with van der Waals surface area (Å²) >= 11 is 0. The van der Waals surface area contributed by atoms with Gasteiger partial charge in [0.25, 0.3) is 0 Å². The van der Waals surface area contributed by atoms with Gasteiger partial charge in [-0.1, -0.05) is 0 Å². The molecule has 1 unspecified atom stereocenters. The van der Waals surface area contributed by atoms with Gasteiger partial charge in [0, 0.05) is 0 Å². The van der Waals surface area contributed by atoms with Gasteiger partial charge in [-0.25, -0.2) is 13.0 Å². The molecule has 4 nitrogen and oxygen atoms in total. The van der Waals surface area contributed by atoms with Gasteiger partial charge in [-0.15, -0.1) is 0 Å². The normalized spacial score (nSPS) is 15.1. The van der Waals surface area contributed by atoms with Crippen LogP contribution in [0.4, 0.5) is 8.78 Å². The minimum absolute atomic E-state index is 0.991. The molecule has 0 radical (unpaired) electrons. The van der Waals surface area contributed by atoms with Crippen molar-refractivity contribution in [2.45, 2.75) is 6.17 Å². The van der Waals surface area contributed by atoms with Crippen LogP contribution in [0.2, 0.25) is 0 Å². The van der Waals surface area contributed by atoms with Gasteiger partial charge < -0.3 is 0 Å². The van der Waals surface area contributed by atoms with Gasteiger partial charge in [-0.3, -0.25) is 4.55 Å². The fourth-order valence-corrected chi connectivity index (χ4v) is 0.524. The van der Waals surface area contributed by atoms with E-state index in [0.29, 0.717) is 0 Å². The van der Waals surface area contributed by atoms with Crippen LogP contribution in [0.1, 0.15) is 0 Å². The number of alkyl halides is 2. The smallest absolute Gasteiger partial charge is 0.264 e. The topological polar surface area (TPSA) is 63.6 Å². The van der Waals surface area contributed by atoms with Gasteiger partial charge in [0.05, 0.1) is 0 Å². The van der Waals surface area contributed by atoms with Crippen LogP contribution in [0.25, 0.3) is 0 Å². The van der Waals surface area contributed by atoms with Crippen LogP contribution in [0.3, 0.4) is 0 Å². The summed E-state index contributed by atoms with van der Waals surface area (Å²) in [6, 6.07) is 0. The second kappa shape index (κ2) is 3.79. The molecule has 10 heavy (non-hydrogen) atoms.